The average Bonchev–Trinajstić information content (AvgIpc) is 2.83. The Kier molecular flexibility index (Phi) is 6.36. The van der Waals surface area contributed by atoms with Gasteiger partial charge in [0.25, 0.3) is 5.76 Å². The third kappa shape index (κ3) is 4.78. The second-order valence-corrected chi connectivity index (χ2v) is 7.13. The van der Waals surface area contributed by atoms with Crippen molar-refractivity contribution in [2.24, 2.45) is 0 Å². The van der Waals surface area contributed by atoms with Crippen LogP contribution in [0, 0.1) is 0 Å². The zero-order valence-corrected chi connectivity index (χ0v) is 18.1. The molecule has 4 rings (SSSR count). The standard InChI is InChI=1S/C25H19F3O6/c1-30-16-7-5-8-18(12-16)33-23-22(29)19-11-10-17(13-21(19)34-24(23)25(26,27)28)32-14-15-6-3-4-9-20(15)31-2/h3-13H,14H2,1-2H3. The van der Waals surface area contributed by atoms with Gasteiger partial charge in [0.05, 0.1) is 19.6 Å². The van der Waals surface area contributed by atoms with Crippen LogP contribution in [0.4, 0.5) is 13.2 Å². The lowest BCUT2D eigenvalue weighted by Crippen LogP contribution is -2.15. The molecule has 0 fully saturated rings. The number of ether oxygens (including phenoxy) is 4. The van der Waals surface area contributed by atoms with Crippen molar-refractivity contribution in [2.45, 2.75) is 12.8 Å². The van der Waals surface area contributed by atoms with Gasteiger partial charge in [0.2, 0.25) is 11.2 Å². The molecule has 0 N–H and O–H groups in total. The van der Waals surface area contributed by atoms with Crippen molar-refractivity contribution in [3.63, 3.8) is 0 Å². The number of benzene rings is 3. The van der Waals surface area contributed by atoms with Crippen LogP contribution in [0.2, 0.25) is 0 Å². The van der Waals surface area contributed by atoms with Crippen LogP contribution in [0.5, 0.6) is 28.7 Å². The van der Waals surface area contributed by atoms with Crippen LogP contribution in [0.25, 0.3) is 11.0 Å². The van der Waals surface area contributed by atoms with Gasteiger partial charge in [0, 0.05) is 17.7 Å². The summed E-state index contributed by atoms with van der Waals surface area (Å²) < 4.78 is 67.8. The fourth-order valence-corrected chi connectivity index (χ4v) is 3.29. The number of halogens is 3. The van der Waals surface area contributed by atoms with Gasteiger partial charge in [0.1, 0.15) is 35.2 Å². The molecule has 0 aliphatic carbocycles. The number of hydrogen-bond acceptors (Lipinski definition) is 6. The molecule has 0 aliphatic rings. The maximum atomic E-state index is 13.8. The maximum Gasteiger partial charge on any atom is 0.453 e. The lowest BCUT2D eigenvalue weighted by atomic mass is 10.2. The summed E-state index contributed by atoms with van der Waals surface area (Å²) in [5.74, 6) is -1.34. The third-order valence-corrected chi connectivity index (χ3v) is 4.93. The van der Waals surface area contributed by atoms with E-state index in [0.717, 1.165) is 5.56 Å². The summed E-state index contributed by atoms with van der Waals surface area (Å²) >= 11 is 0. The highest BCUT2D eigenvalue weighted by atomic mass is 19.4. The van der Waals surface area contributed by atoms with Crippen molar-refractivity contribution in [1.29, 1.82) is 0 Å². The number of para-hydroxylation sites is 1. The highest BCUT2D eigenvalue weighted by Crippen LogP contribution is 2.39. The van der Waals surface area contributed by atoms with Crippen molar-refractivity contribution in [1.82, 2.24) is 0 Å². The van der Waals surface area contributed by atoms with Gasteiger partial charge in [-0.2, -0.15) is 13.2 Å². The van der Waals surface area contributed by atoms with Gasteiger partial charge >= 0.3 is 6.18 Å². The second kappa shape index (κ2) is 9.38. The van der Waals surface area contributed by atoms with E-state index in [0.29, 0.717) is 11.5 Å². The Morgan fingerprint density at radius 1 is 0.853 bits per heavy atom. The first kappa shape index (κ1) is 23.0. The fourth-order valence-electron chi connectivity index (χ4n) is 3.29. The minimum atomic E-state index is -4.98. The van der Waals surface area contributed by atoms with Gasteiger partial charge in [-0.05, 0) is 30.3 Å². The first-order valence-electron chi connectivity index (χ1n) is 10.0. The van der Waals surface area contributed by atoms with Crippen molar-refractivity contribution in [2.75, 3.05) is 14.2 Å². The molecule has 0 saturated heterocycles. The smallest absolute Gasteiger partial charge is 0.453 e. The minimum Gasteiger partial charge on any atom is -0.497 e. The quantitative estimate of drug-likeness (QED) is 0.319. The summed E-state index contributed by atoms with van der Waals surface area (Å²) in [5, 5.41) is -0.0875. The Labute approximate surface area is 192 Å². The van der Waals surface area contributed by atoms with E-state index in [1.54, 1.807) is 30.3 Å². The highest BCUT2D eigenvalue weighted by Gasteiger charge is 2.40. The molecule has 0 spiro atoms. The fraction of sp³-hybridized carbons (Fsp3) is 0.160. The van der Waals surface area contributed by atoms with Crippen molar-refractivity contribution in [3.8, 4) is 28.7 Å². The monoisotopic (exact) mass is 472 g/mol. The zero-order valence-electron chi connectivity index (χ0n) is 18.1. The van der Waals surface area contributed by atoms with E-state index in [1.807, 2.05) is 0 Å². The summed E-state index contributed by atoms with van der Waals surface area (Å²) in [6.07, 6.45) is -4.98. The van der Waals surface area contributed by atoms with Gasteiger partial charge in [-0.25, -0.2) is 0 Å². The molecule has 0 amide bonds. The summed E-state index contributed by atoms with van der Waals surface area (Å²) in [6.45, 7) is 0.100. The van der Waals surface area contributed by atoms with Crippen molar-refractivity contribution in [3.05, 3.63) is 88.3 Å². The van der Waals surface area contributed by atoms with E-state index in [4.69, 9.17) is 23.4 Å². The Morgan fingerprint density at radius 3 is 2.35 bits per heavy atom. The molecule has 0 radical (unpaired) electrons. The first-order valence-corrected chi connectivity index (χ1v) is 10.0. The first-order chi connectivity index (χ1) is 16.3. The molecule has 0 atom stereocenters. The number of fused-ring (bicyclic) bond motifs is 1. The SMILES string of the molecule is COc1cccc(Oc2c(C(F)(F)F)oc3cc(OCc4ccccc4OC)ccc3c2=O)c1. The van der Waals surface area contributed by atoms with Gasteiger partial charge in [-0.1, -0.05) is 24.3 Å². The molecule has 0 saturated carbocycles. The van der Waals surface area contributed by atoms with Gasteiger partial charge in [-0.3, -0.25) is 4.79 Å². The Bertz CT molecular complexity index is 1380. The topological polar surface area (TPSA) is 67.1 Å². The number of methoxy groups -OCH3 is 2. The van der Waals surface area contributed by atoms with E-state index < -0.39 is 23.1 Å². The molecule has 1 heterocycles. The van der Waals surface area contributed by atoms with Crippen LogP contribution in [-0.2, 0) is 12.8 Å². The molecule has 9 heteroatoms. The van der Waals surface area contributed by atoms with E-state index in [9.17, 15) is 18.0 Å². The van der Waals surface area contributed by atoms with Crippen LogP contribution >= 0.6 is 0 Å². The molecule has 176 valence electrons. The molecule has 3 aromatic carbocycles. The summed E-state index contributed by atoms with van der Waals surface area (Å²) in [7, 11) is 2.92. The van der Waals surface area contributed by atoms with Gasteiger partial charge in [0.15, 0.2) is 0 Å². The van der Waals surface area contributed by atoms with Crippen LogP contribution in [-0.4, -0.2) is 14.2 Å². The third-order valence-electron chi connectivity index (χ3n) is 4.93. The van der Waals surface area contributed by atoms with Gasteiger partial charge < -0.3 is 23.4 Å². The lowest BCUT2D eigenvalue weighted by Gasteiger charge is -2.14. The number of hydrogen-bond donors (Lipinski definition) is 0. The molecule has 6 nitrogen and oxygen atoms in total. The lowest BCUT2D eigenvalue weighted by molar-refractivity contribution is -0.154. The average molecular weight is 472 g/mol. The predicted molar refractivity (Wildman–Crippen MR) is 118 cm³/mol. The highest BCUT2D eigenvalue weighted by molar-refractivity contribution is 5.79. The Balaban J connectivity index is 1.72. The van der Waals surface area contributed by atoms with E-state index in [-0.39, 0.29) is 29.1 Å². The van der Waals surface area contributed by atoms with E-state index >= 15 is 0 Å². The number of rotatable bonds is 7. The van der Waals surface area contributed by atoms with E-state index in [2.05, 4.69) is 0 Å². The Hall–Kier alpha value is -4.14. The van der Waals surface area contributed by atoms with Crippen LogP contribution in [0.1, 0.15) is 11.3 Å². The van der Waals surface area contributed by atoms with Crippen LogP contribution < -0.4 is 24.4 Å². The van der Waals surface area contributed by atoms with Crippen LogP contribution in [0.15, 0.2) is 75.9 Å². The van der Waals surface area contributed by atoms with Gasteiger partial charge in [-0.15, -0.1) is 0 Å². The molecule has 0 unspecified atom stereocenters. The molecule has 0 aliphatic heterocycles. The molecule has 1 aromatic heterocycles. The molecule has 0 bridgehead atoms. The zero-order chi connectivity index (χ0) is 24.3. The molecule has 34 heavy (non-hydrogen) atoms. The summed E-state index contributed by atoms with van der Waals surface area (Å²) in [6, 6.07) is 17.1. The minimum absolute atomic E-state index is 0.00624. The molecule has 4 aromatic rings. The normalized spacial score (nSPS) is 11.3. The molecular weight excluding hydrogens is 453 g/mol. The number of alkyl halides is 3. The maximum absolute atomic E-state index is 13.8. The Morgan fingerprint density at radius 2 is 1.62 bits per heavy atom. The predicted octanol–water partition coefficient (Wildman–Crippen LogP) is 6.20. The van der Waals surface area contributed by atoms with Crippen LogP contribution in [0.3, 0.4) is 0 Å². The van der Waals surface area contributed by atoms with Crippen molar-refractivity contribution >= 4 is 11.0 Å². The van der Waals surface area contributed by atoms with E-state index in [1.165, 1.54) is 50.6 Å². The second-order valence-electron chi connectivity index (χ2n) is 7.13. The van der Waals surface area contributed by atoms with Crippen molar-refractivity contribution < 1.29 is 36.5 Å². The molecular formula is C25H19F3O6. The largest absolute Gasteiger partial charge is 0.497 e. The summed E-state index contributed by atoms with van der Waals surface area (Å²) in [5.41, 5.74) is -0.509. The summed E-state index contributed by atoms with van der Waals surface area (Å²) in [4.78, 5) is 13.0.